The lowest BCUT2D eigenvalue weighted by Crippen LogP contribution is -2.39. The molecule has 0 aromatic heterocycles. The largest absolute Gasteiger partial charge is 0.326 e. The van der Waals surface area contributed by atoms with Gasteiger partial charge in [-0.2, -0.15) is 0 Å². The molecule has 1 aliphatic rings. The van der Waals surface area contributed by atoms with Crippen molar-refractivity contribution in [1.29, 1.82) is 0 Å². The first-order chi connectivity index (χ1) is 9.47. The monoisotopic (exact) mass is 275 g/mol. The fourth-order valence-corrected chi connectivity index (χ4v) is 1.79. The second-order valence-corrected chi connectivity index (χ2v) is 5.60. The Morgan fingerprint density at radius 3 is 2.35 bits per heavy atom. The zero-order valence-corrected chi connectivity index (χ0v) is 11.8. The molecule has 2 amide bonds. The van der Waals surface area contributed by atoms with E-state index in [0.717, 1.165) is 12.8 Å². The van der Waals surface area contributed by atoms with Crippen LogP contribution >= 0.6 is 0 Å². The van der Waals surface area contributed by atoms with Gasteiger partial charge in [0.2, 0.25) is 11.8 Å². The number of nitrogens with one attached hydrogen (secondary N) is 2. The summed E-state index contributed by atoms with van der Waals surface area (Å²) >= 11 is 0. The van der Waals surface area contributed by atoms with Gasteiger partial charge < -0.3 is 16.4 Å². The van der Waals surface area contributed by atoms with Gasteiger partial charge >= 0.3 is 0 Å². The van der Waals surface area contributed by atoms with E-state index < -0.39 is 6.04 Å². The van der Waals surface area contributed by atoms with Crippen LogP contribution in [0.5, 0.6) is 0 Å². The zero-order valence-electron chi connectivity index (χ0n) is 11.8. The second-order valence-electron chi connectivity index (χ2n) is 5.60. The van der Waals surface area contributed by atoms with Crippen molar-refractivity contribution < 1.29 is 9.59 Å². The van der Waals surface area contributed by atoms with Crippen molar-refractivity contribution in [2.24, 2.45) is 17.6 Å². The first-order valence-corrected chi connectivity index (χ1v) is 6.94. The van der Waals surface area contributed by atoms with E-state index in [4.69, 9.17) is 5.73 Å². The highest BCUT2D eigenvalue weighted by molar-refractivity contribution is 5.97. The molecule has 1 aromatic carbocycles. The van der Waals surface area contributed by atoms with Crippen molar-refractivity contribution in [3.05, 3.63) is 24.3 Å². The molecule has 5 nitrogen and oxygen atoms in total. The molecule has 0 aliphatic heterocycles. The first kappa shape index (κ1) is 14.5. The van der Waals surface area contributed by atoms with E-state index in [9.17, 15) is 9.59 Å². The standard InChI is InChI=1S/C15H21N3O2/c1-9(2)13(16)15(20)18-12-5-3-4-11(8-12)17-14(19)10-6-7-10/h3-5,8-10,13H,6-7,16H2,1-2H3,(H,17,19)(H,18,20). The summed E-state index contributed by atoms with van der Waals surface area (Å²) in [5.41, 5.74) is 7.12. The van der Waals surface area contributed by atoms with Crippen molar-refractivity contribution in [3.63, 3.8) is 0 Å². The Balaban J connectivity index is 1.98. The molecule has 0 heterocycles. The lowest BCUT2D eigenvalue weighted by Gasteiger charge is -2.15. The third-order valence-corrected chi connectivity index (χ3v) is 3.37. The number of hydrogen-bond acceptors (Lipinski definition) is 3. The number of anilines is 2. The number of carbonyl (C=O) groups excluding carboxylic acids is 2. The molecule has 5 heteroatoms. The van der Waals surface area contributed by atoms with E-state index in [-0.39, 0.29) is 23.7 Å². The molecular weight excluding hydrogens is 254 g/mol. The molecular formula is C15H21N3O2. The van der Waals surface area contributed by atoms with Gasteiger partial charge in [-0.1, -0.05) is 19.9 Å². The van der Waals surface area contributed by atoms with Gasteiger partial charge in [0.15, 0.2) is 0 Å². The van der Waals surface area contributed by atoms with Crippen molar-refractivity contribution in [1.82, 2.24) is 0 Å². The van der Waals surface area contributed by atoms with Crippen LogP contribution in [0.15, 0.2) is 24.3 Å². The van der Waals surface area contributed by atoms with Crippen LogP contribution in [0.25, 0.3) is 0 Å². The van der Waals surface area contributed by atoms with Crippen molar-refractivity contribution >= 4 is 23.2 Å². The Labute approximate surface area is 118 Å². The van der Waals surface area contributed by atoms with E-state index in [2.05, 4.69) is 10.6 Å². The predicted octanol–water partition coefficient (Wildman–Crippen LogP) is 1.96. The molecule has 0 saturated heterocycles. The Hall–Kier alpha value is -1.88. The van der Waals surface area contributed by atoms with Crippen LogP contribution in [-0.4, -0.2) is 17.9 Å². The van der Waals surface area contributed by atoms with E-state index in [1.54, 1.807) is 24.3 Å². The summed E-state index contributed by atoms with van der Waals surface area (Å²) in [4.78, 5) is 23.6. The number of amides is 2. The van der Waals surface area contributed by atoms with Gasteiger partial charge in [-0.3, -0.25) is 9.59 Å². The molecule has 0 bridgehead atoms. The molecule has 1 aliphatic carbocycles. The second kappa shape index (κ2) is 6.05. The zero-order chi connectivity index (χ0) is 14.7. The van der Waals surface area contributed by atoms with Crippen molar-refractivity contribution in [2.45, 2.75) is 32.7 Å². The third-order valence-electron chi connectivity index (χ3n) is 3.37. The van der Waals surface area contributed by atoms with Crippen molar-refractivity contribution in [3.8, 4) is 0 Å². The molecule has 1 aromatic rings. The van der Waals surface area contributed by atoms with Gasteiger partial charge in [0.25, 0.3) is 0 Å². The summed E-state index contributed by atoms with van der Waals surface area (Å²) in [6, 6.07) is 6.57. The minimum absolute atomic E-state index is 0.0485. The van der Waals surface area contributed by atoms with Gasteiger partial charge in [0, 0.05) is 17.3 Å². The van der Waals surface area contributed by atoms with Gasteiger partial charge in [-0.05, 0) is 37.0 Å². The van der Waals surface area contributed by atoms with Crippen LogP contribution in [0.1, 0.15) is 26.7 Å². The number of carbonyl (C=O) groups is 2. The molecule has 108 valence electrons. The molecule has 1 atom stereocenters. The summed E-state index contributed by atoms with van der Waals surface area (Å²) in [6.07, 6.45) is 1.93. The highest BCUT2D eigenvalue weighted by Gasteiger charge is 2.29. The molecule has 0 spiro atoms. The van der Waals surface area contributed by atoms with Gasteiger partial charge in [0.1, 0.15) is 0 Å². The van der Waals surface area contributed by atoms with Gasteiger partial charge in [0.05, 0.1) is 6.04 Å². The smallest absolute Gasteiger partial charge is 0.241 e. The number of rotatable bonds is 5. The Bertz CT molecular complexity index is 510. The summed E-state index contributed by atoms with van der Waals surface area (Å²) in [6.45, 7) is 3.80. The lowest BCUT2D eigenvalue weighted by atomic mass is 10.0. The first-order valence-electron chi connectivity index (χ1n) is 6.94. The third kappa shape index (κ3) is 3.81. The van der Waals surface area contributed by atoms with Crippen LogP contribution in [-0.2, 0) is 9.59 Å². The van der Waals surface area contributed by atoms with Gasteiger partial charge in [-0.15, -0.1) is 0 Å². The topological polar surface area (TPSA) is 84.2 Å². The summed E-state index contributed by atoms with van der Waals surface area (Å²) in [7, 11) is 0. The van der Waals surface area contributed by atoms with Crippen LogP contribution in [0.2, 0.25) is 0 Å². The molecule has 2 rings (SSSR count). The fourth-order valence-electron chi connectivity index (χ4n) is 1.79. The number of hydrogen-bond donors (Lipinski definition) is 3. The number of benzene rings is 1. The quantitative estimate of drug-likeness (QED) is 0.768. The van der Waals surface area contributed by atoms with Gasteiger partial charge in [-0.25, -0.2) is 0 Å². The molecule has 4 N–H and O–H groups in total. The molecule has 1 saturated carbocycles. The molecule has 1 fully saturated rings. The predicted molar refractivity (Wildman–Crippen MR) is 79.2 cm³/mol. The van der Waals surface area contributed by atoms with Crippen molar-refractivity contribution in [2.75, 3.05) is 10.6 Å². The van der Waals surface area contributed by atoms with Crippen LogP contribution < -0.4 is 16.4 Å². The average Bonchev–Trinajstić information content (AvgIpc) is 3.22. The molecule has 0 radical (unpaired) electrons. The maximum Gasteiger partial charge on any atom is 0.241 e. The summed E-state index contributed by atoms with van der Waals surface area (Å²) in [5, 5.41) is 5.61. The van der Waals surface area contributed by atoms with E-state index >= 15 is 0 Å². The van der Waals surface area contributed by atoms with Crippen LogP contribution in [0, 0.1) is 11.8 Å². The number of nitrogens with two attached hydrogens (primary N) is 1. The summed E-state index contributed by atoms with van der Waals surface area (Å²) in [5.74, 6) is 0.0633. The van der Waals surface area contributed by atoms with Crippen LogP contribution in [0.4, 0.5) is 11.4 Å². The van der Waals surface area contributed by atoms with E-state index in [0.29, 0.717) is 11.4 Å². The SMILES string of the molecule is CC(C)C(N)C(=O)Nc1cccc(NC(=O)C2CC2)c1. The normalized spacial score (nSPS) is 15.8. The average molecular weight is 275 g/mol. The Kier molecular flexibility index (Phi) is 4.39. The lowest BCUT2D eigenvalue weighted by molar-refractivity contribution is -0.118. The minimum Gasteiger partial charge on any atom is -0.326 e. The van der Waals surface area contributed by atoms with E-state index in [1.807, 2.05) is 13.8 Å². The maximum absolute atomic E-state index is 11.9. The maximum atomic E-state index is 11.9. The molecule has 20 heavy (non-hydrogen) atoms. The Morgan fingerprint density at radius 2 is 1.80 bits per heavy atom. The summed E-state index contributed by atoms with van der Waals surface area (Å²) < 4.78 is 0. The minimum atomic E-state index is -0.542. The van der Waals surface area contributed by atoms with E-state index in [1.165, 1.54) is 0 Å². The van der Waals surface area contributed by atoms with Crippen LogP contribution in [0.3, 0.4) is 0 Å². The highest BCUT2D eigenvalue weighted by atomic mass is 16.2. The fraction of sp³-hybridized carbons (Fsp3) is 0.467. The highest BCUT2D eigenvalue weighted by Crippen LogP contribution is 2.30. The molecule has 1 unspecified atom stereocenters. The Morgan fingerprint density at radius 1 is 1.20 bits per heavy atom.